The van der Waals surface area contributed by atoms with E-state index in [1.165, 1.54) is 6.42 Å². The first kappa shape index (κ1) is 17.0. The van der Waals surface area contributed by atoms with Crippen LogP contribution in [0.1, 0.15) is 39.2 Å². The zero-order chi connectivity index (χ0) is 15.5. The third kappa shape index (κ3) is 5.86. The van der Waals surface area contributed by atoms with Crippen molar-refractivity contribution in [2.45, 2.75) is 40.0 Å². The molecule has 0 aliphatic heterocycles. The first-order valence-electron chi connectivity index (χ1n) is 7.61. The lowest BCUT2D eigenvalue weighted by atomic mass is 10.0. The summed E-state index contributed by atoms with van der Waals surface area (Å²) < 4.78 is 5.39. The molecule has 1 N–H and O–H groups in total. The summed E-state index contributed by atoms with van der Waals surface area (Å²) in [6.07, 6.45) is 4.23. The number of hydrogen-bond donors (Lipinski definition) is 1. The lowest BCUT2D eigenvalue weighted by molar-refractivity contribution is -0.120. The van der Waals surface area contributed by atoms with Gasteiger partial charge in [-0.1, -0.05) is 51.5 Å². The molecule has 114 valence electrons. The Morgan fingerprint density at radius 1 is 1.10 bits per heavy atom. The Balaban J connectivity index is 0.000000677. The van der Waals surface area contributed by atoms with Crippen molar-refractivity contribution in [1.29, 1.82) is 0 Å². The zero-order valence-electron chi connectivity index (χ0n) is 13.2. The van der Waals surface area contributed by atoms with Crippen molar-refractivity contribution >= 4 is 5.91 Å². The predicted molar refractivity (Wildman–Crippen MR) is 87.1 cm³/mol. The fraction of sp³-hybridized carbons (Fsp3) is 0.389. The van der Waals surface area contributed by atoms with E-state index >= 15 is 0 Å². The zero-order valence-corrected chi connectivity index (χ0v) is 13.2. The highest BCUT2D eigenvalue weighted by molar-refractivity contribution is 5.81. The molecule has 0 radical (unpaired) electrons. The van der Waals surface area contributed by atoms with Crippen LogP contribution >= 0.6 is 0 Å². The van der Waals surface area contributed by atoms with Crippen molar-refractivity contribution in [3.05, 3.63) is 48.2 Å². The van der Waals surface area contributed by atoms with Gasteiger partial charge in [0.1, 0.15) is 5.76 Å². The van der Waals surface area contributed by atoms with Gasteiger partial charge in [-0.15, -0.1) is 0 Å². The molecule has 0 spiro atoms. The van der Waals surface area contributed by atoms with E-state index in [0.717, 1.165) is 29.9 Å². The van der Waals surface area contributed by atoms with E-state index in [9.17, 15) is 4.79 Å². The molecule has 0 aliphatic carbocycles. The molecule has 0 saturated heterocycles. The summed E-state index contributed by atoms with van der Waals surface area (Å²) in [6.45, 7) is 7.01. The Morgan fingerprint density at radius 2 is 1.81 bits per heavy atom. The third-order valence-corrected chi connectivity index (χ3v) is 2.73. The Hall–Kier alpha value is -2.03. The van der Waals surface area contributed by atoms with E-state index < -0.39 is 0 Å². The molecule has 1 amide bonds. The average molecular weight is 287 g/mol. The molecule has 3 nitrogen and oxygen atoms in total. The Labute approximate surface area is 127 Å². The van der Waals surface area contributed by atoms with E-state index in [0.29, 0.717) is 6.42 Å². The van der Waals surface area contributed by atoms with Crippen molar-refractivity contribution in [2.24, 2.45) is 0 Å². The SMILES string of the molecule is CCC.CCCNC(=O)Cc1ccccc1-c1ccco1. The number of benzene rings is 1. The van der Waals surface area contributed by atoms with Crippen molar-refractivity contribution in [3.63, 3.8) is 0 Å². The highest BCUT2D eigenvalue weighted by Gasteiger charge is 2.10. The maximum Gasteiger partial charge on any atom is 0.224 e. The van der Waals surface area contributed by atoms with Gasteiger partial charge in [-0.2, -0.15) is 0 Å². The summed E-state index contributed by atoms with van der Waals surface area (Å²) in [4.78, 5) is 11.8. The highest BCUT2D eigenvalue weighted by atomic mass is 16.3. The summed E-state index contributed by atoms with van der Waals surface area (Å²) in [5.41, 5.74) is 1.97. The molecule has 2 rings (SSSR count). The average Bonchev–Trinajstić information content (AvgIpc) is 3.00. The second-order valence-corrected chi connectivity index (χ2v) is 4.87. The monoisotopic (exact) mass is 287 g/mol. The van der Waals surface area contributed by atoms with Gasteiger partial charge in [-0.25, -0.2) is 0 Å². The van der Waals surface area contributed by atoms with Crippen LogP contribution in [0.2, 0.25) is 0 Å². The summed E-state index contributed by atoms with van der Waals surface area (Å²) in [5.74, 6) is 0.852. The van der Waals surface area contributed by atoms with Gasteiger partial charge in [-0.05, 0) is 24.1 Å². The topological polar surface area (TPSA) is 42.2 Å². The van der Waals surface area contributed by atoms with Crippen LogP contribution in [-0.2, 0) is 11.2 Å². The van der Waals surface area contributed by atoms with Gasteiger partial charge in [0.15, 0.2) is 0 Å². The van der Waals surface area contributed by atoms with Gasteiger partial charge in [0.05, 0.1) is 12.7 Å². The molecule has 0 bridgehead atoms. The fourth-order valence-corrected chi connectivity index (χ4v) is 1.85. The van der Waals surface area contributed by atoms with Gasteiger partial charge >= 0.3 is 0 Å². The van der Waals surface area contributed by atoms with Crippen LogP contribution in [0.25, 0.3) is 11.3 Å². The minimum atomic E-state index is 0.0517. The molecule has 0 atom stereocenters. The van der Waals surface area contributed by atoms with E-state index in [1.807, 2.05) is 43.3 Å². The molecule has 3 heteroatoms. The summed E-state index contributed by atoms with van der Waals surface area (Å²) in [7, 11) is 0. The first-order valence-corrected chi connectivity index (χ1v) is 7.61. The molecular formula is C18H25NO2. The lowest BCUT2D eigenvalue weighted by Crippen LogP contribution is -2.25. The normalized spacial score (nSPS) is 9.67. The van der Waals surface area contributed by atoms with Crippen LogP contribution in [-0.4, -0.2) is 12.5 Å². The molecule has 1 aromatic carbocycles. The second kappa shape index (κ2) is 9.81. The molecule has 0 saturated carbocycles. The van der Waals surface area contributed by atoms with Crippen LogP contribution in [0.4, 0.5) is 0 Å². The number of nitrogens with one attached hydrogen (secondary N) is 1. The van der Waals surface area contributed by atoms with E-state index in [2.05, 4.69) is 19.2 Å². The number of carbonyl (C=O) groups excluding carboxylic acids is 1. The summed E-state index contributed by atoms with van der Waals surface area (Å²) in [6, 6.07) is 11.6. The molecule has 1 heterocycles. The van der Waals surface area contributed by atoms with Crippen molar-refractivity contribution < 1.29 is 9.21 Å². The van der Waals surface area contributed by atoms with Crippen LogP contribution < -0.4 is 5.32 Å². The van der Waals surface area contributed by atoms with Gasteiger partial charge < -0.3 is 9.73 Å². The quantitative estimate of drug-likeness (QED) is 0.883. The van der Waals surface area contributed by atoms with Gasteiger partial charge in [0, 0.05) is 12.1 Å². The molecule has 2 aromatic rings. The molecular weight excluding hydrogens is 262 g/mol. The van der Waals surface area contributed by atoms with Crippen molar-refractivity contribution in [1.82, 2.24) is 5.32 Å². The summed E-state index contributed by atoms with van der Waals surface area (Å²) >= 11 is 0. The smallest absolute Gasteiger partial charge is 0.224 e. The standard InChI is InChI=1S/C15H17NO2.C3H8/c1-2-9-16-15(17)11-12-6-3-4-7-13(12)14-8-5-10-18-14;1-3-2/h3-8,10H,2,9,11H2,1H3,(H,16,17);3H2,1-2H3. The number of hydrogen-bond acceptors (Lipinski definition) is 2. The van der Waals surface area contributed by atoms with Crippen LogP contribution in [0.3, 0.4) is 0 Å². The van der Waals surface area contributed by atoms with E-state index in [1.54, 1.807) is 6.26 Å². The lowest BCUT2D eigenvalue weighted by Gasteiger charge is -2.07. The Morgan fingerprint density at radius 3 is 2.43 bits per heavy atom. The first-order chi connectivity index (χ1) is 10.2. The maximum absolute atomic E-state index is 11.8. The highest BCUT2D eigenvalue weighted by Crippen LogP contribution is 2.24. The molecule has 1 aromatic heterocycles. The van der Waals surface area contributed by atoms with Gasteiger partial charge in [-0.3, -0.25) is 4.79 Å². The number of furan rings is 1. The number of rotatable bonds is 5. The van der Waals surface area contributed by atoms with E-state index in [-0.39, 0.29) is 5.91 Å². The second-order valence-electron chi connectivity index (χ2n) is 4.87. The summed E-state index contributed by atoms with van der Waals surface area (Å²) in [5, 5.41) is 2.88. The molecule has 0 aliphatic rings. The van der Waals surface area contributed by atoms with Crippen molar-refractivity contribution in [2.75, 3.05) is 6.54 Å². The Bertz CT molecular complexity index is 518. The molecule has 0 fully saturated rings. The van der Waals surface area contributed by atoms with Crippen molar-refractivity contribution in [3.8, 4) is 11.3 Å². The maximum atomic E-state index is 11.8. The number of amides is 1. The molecule has 0 unspecified atom stereocenters. The third-order valence-electron chi connectivity index (χ3n) is 2.73. The molecule has 21 heavy (non-hydrogen) atoms. The number of carbonyl (C=O) groups is 1. The minimum absolute atomic E-state index is 0.0517. The van der Waals surface area contributed by atoms with Gasteiger partial charge in [0.2, 0.25) is 5.91 Å². The Kier molecular flexibility index (Phi) is 7.95. The predicted octanol–water partition coefficient (Wildman–Crippen LogP) is 4.43. The van der Waals surface area contributed by atoms with Crippen LogP contribution in [0, 0.1) is 0 Å². The van der Waals surface area contributed by atoms with E-state index in [4.69, 9.17) is 4.42 Å². The van der Waals surface area contributed by atoms with Gasteiger partial charge in [0.25, 0.3) is 0 Å². The van der Waals surface area contributed by atoms with Crippen LogP contribution in [0.15, 0.2) is 47.1 Å². The fourth-order valence-electron chi connectivity index (χ4n) is 1.85. The van der Waals surface area contributed by atoms with Crippen LogP contribution in [0.5, 0.6) is 0 Å². The largest absolute Gasteiger partial charge is 0.464 e. The minimum Gasteiger partial charge on any atom is -0.464 e.